The molecule has 0 bridgehead atoms. The van der Waals surface area contributed by atoms with E-state index in [0.717, 1.165) is 22.2 Å². The van der Waals surface area contributed by atoms with E-state index < -0.39 is 0 Å². The Hall–Kier alpha value is -0.720. The van der Waals surface area contributed by atoms with E-state index >= 15 is 0 Å². The van der Waals surface area contributed by atoms with E-state index in [9.17, 15) is 5.11 Å². The van der Waals surface area contributed by atoms with E-state index in [2.05, 4.69) is 26.1 Å². The zero-order valence-corrected chi connectivity index (χ0v) is 11.4. The van der Waals surface area contributed by atoms with Crippen LogP contribution in [0.2, 0.25) is 0 Å². The molecule has 2 heterocycles. The summed E-state index contributed by atoms with van der Waals surface area (Å²) in [4.78, 5) is 5.26. The molecule has 0 aromatic carbocycles. The molecular formula is C11H11BrN2O2S. The fourth-order valence-corrected chi connectivity index (χ4v) is 3.05. The molecule has 4 nitrogen and oxygen atoms in total. The summed E-state index contributed by atoms with van der Waals surface area (Å²) in [6.45, 7) is 0. The molecule has 0 saturated heterocycles. The van der Waals surface area contributed by atoms with Gasteiger partial charge in [0.25, 0.3) is 0 Å². The molecule has 6 heteroatoms. The number of aliphatic hydroxyl groups excluding tert-OH is 1. The van der Waals surface area contributed by atoms with Gasteiger partial charge in [0, 0.05) is 9.85 Å². The van der Waals surface area contributed by atoms with Crippen LogP contribution in [0.15, 0.2) is 20.4 Å². The molecule has 0 radical (unpaired) electrons. The van der Waals surface area contributed by atoms with Crippen LogP contribution in [0.4, 0.5) is 0 Å². The van der Waals surface area contributed by atoms with Gasteiger partial charge in [0.1, 0.15) is 0 Å². The van der Waals surface area contributed by atoms with Gasteiger partial charge in [-0.3, -0.25) is 0 Å². The number of hydrogen-bond acceptors (Lipinski definition) is 5. The number of thiophene rings is 1. The topological polar surface area (TPSA) is 59.2 Å². The summed E-state index contributed by atoms with van der Waals surface area (Å²) in [7, 11) is 0. The van der Waals surface area contributed by atoms with Crippen molar-refractivity contribution in [1.82, 2.24) is 10.1 Å². The minimum absolute atomic E-state index is 0.335. The molecule has 3 rings (SSSR count). The van der Waals surface area contributed by atoms with E-state index in [0.29, 0.717) is 24.1 Å². The first-order valence-electron chi connectivity index (χ1n) is 5.47. The Morgan fingerprint density at radius 2 is 2.41 bits per heavy atom. The maximum Gasteiger partial charge on any atom is 0.229 e. The van der Waals surface area contributed by atoms with Gasteiger partial charge in [0.2, 0.25) is 11.7 Å². The molecule has 1 aliphatic carbocycles. The predicted octanol–water partition coefficient (Wildman–Crippen LogP) is 2.87. The first-order chi connectivity index (χ1) is 8.22. The Labute approximate surface area is 111 Å². The lowest BCUT2D eigenvalue weighted by atomic mass is 10.2. The first-order valence-corrected chi connectivity index (χ1v) is 7.14. The van der Waals surface area contributed by atoms with Gasteiger partial charge < -0.3 is 9.63 Å². The largest absolute Gasteiger partial charge is 0.392 e. The molecule has 17 heavy (non-hydrogen) atoms. The van der Waals surface area contributed by atoms with E-state index in [-0.39, 0.29) is 6.10 Å². The Kier molecular flexibility index (Phi) is 3.02. The number of halogens is 1. The second-order valence-corrected chi connectivity index (χ2v) is 6.08. The molecule has 0 amide bonds. The Balaban J connectivity index is 1.73. The fourth-order valence-electron chi connectivity index (χ4n) is 1.69. The third kappa shape index (κ3) is 2.59. The van der Waals surface area contributed by atoms with Crippen molar-refractivity contribution in [1.29, 1.82) is 0 Å². The Bertz CT molecular complexity index is 521. The molecule has 1 N–H and O–H groups in total. The number of aliphatic hydroxyl groups is 1. The smallest absolute Gasteiger partial charge is 0.229 e. The predicted molar refractivity (Wildman–Crippen MR) is 67.7 cm³/mol. The SMILES string of the molecule is OC(Cc1nc(-c2cc(Br)cs2)no1)C1CC1. The molecular weight excluding hydrogens is 304 g/mol. The van der Waals surface area contributed by atoms with Crippen LogP contribution >= 0.6 is 27.3 Å². The van der Waals surface area contributed by atoms with Crippen molar-refractivity contribution in [3.8, 4) is 10.7 Å². The number of hydrogen-bond donors (Lipinski definition) is 1. The second-order valence-electron chi connectivity index (χ2n) is 4.25. The van der Waals surface area contributed by atoms with Gasteiger partial charge in [0.05, 0.1) is 17.4 Å². The highest BCUT2D eigenvalue weighted by Gasteiger charge is 2.31. The molecule has 1 unspecified atom stereocenters. The van der Waals surface area contributed by atoms with Crippen molar-refractivity contribution in [2.45, 2.75) is 25.4 Å². The highest BCUT2D eigenvalue weighted by Crippen LogP contribution is 2.34. The number of nitrogens with zero attached hydrogens (tertiary/aromatic N) is 2. The summed E-state index contributed by atoms with van der Waals surface area (Å²) < 4.78 is 6.16. The first kappa shape index (κ1) is 11.4. The van der Waals surface area contributed by atoms with Crippen molar-refractivity contribution in [3.05, 3.63) is 21.8 Å². The number of rotatable bonds is 4. The summed E-state index contributed by atoms with van der Waals surface area (Å²) in [6.07, 6.45) is 2.35. The van der Waals surface area contributed by atoms with Gasteiger partial charge in [0.15, 0.2) is 0 Å². The van der Waals surface area contributed by atoms with Crippen LogP contribution in [0.3, 0.4) is 0 Å². The summed E-state index contributed by atoms with van der Waals surface area (Å²) in [5, 5.41) is 15.7. The monoisotopic (exact) mass is 314 g/mol. The van der Waals surface area contributed by atoms with Gasteiger partial charge in [-0.2, -0.15) is 4.98 Å². The molecule has 0 aliphatic heterocycles. The zero-order chi connectivity index (χ0) is 11.8. The van der Waals surface area contributed by atoms with E-state index in [1.807, 2.05) is 11.4 Å². The maximum absolute atomic E-state index is 9.79. The Morgan fingerprint density at radius 1 is 1.59 bits per heavy atom. The van der Waals surface area contributed by atoms with Crippen LogP contribution in [0.25, 0.3) is 10.7 Å². The molecule has 1 saturated carbocycles. The summed E-state index contributed by atoms with van der Waals surface area (Å²) in [5.74, 6) is 1.55. The van der Waals surface area contributed by atoms with Gasteiger partial charge >= 0.3 is 0 Å². The third-order valence-electron chi connectivity index (χ3n) is 2.81. The standard InChI is InChI=1S/C11H11BrN2O2S/c12-7-3-9(17-5-7)11-13-10(16-14-11)4-8(15)6-1-2-6/h3,5-6,8,15H,1-2,4H2. The Morgan fingerprint density at radius 3 is 3.06 bits per heavy atom. The van der Waals surface area contributed by atoms with Crippen molar-refractivity contribution >= 4 is 27.3 Å². The molecule has 1 atom stereocenters. The normalized spacial score (nSPS) is 17.3. The zero-order valence-electron chi connectivity index (χ0n) is 8.97. The van der Waals surface area contributed by atoms with E-state index in [1.165, 1.54) is 0 Å². The third-order valence-corrected chi connectivity index (χ3v) is 4.49. The summed E-state index contributed by atoms with van der Waals surface area (Å²) >= 11 is 4.95. The molecule has 90 valence electrons. The highest BCUT2D eigenvalue weighted by atomic mass is 79.9. The maximum atomic E-state index is 9.79. The lowest BCUT2D eigenvalue weighted by molar-refractivity contribution is 0.140. The summed E-state index contributed by atoms with van der Waals surface area (Å²) in [5.41, 5.74) is 0. The minimum atomic E-state index is -0.335. The molecule has 2 aromatic rings. The fraction of sp³-hybridized carbons (Fsp3) is 0.455. The van der Waals surface area contributed by atoms with Gasteiger partial charge in [-0.25, -0.2) is 0 Å². The van der Waals surface area contributed by atoms with E-state index in [1.54, 1.807) is 11.3 Å². The molecule has 1 aliphatic rings. The van der Waals surface area contributed by atoms with Crippen LogP contribution in [-0.4, -0.2) is 21.4 Å². The van der Waals surface area contributed by atoms with Crippen molar-refractivity contribution in [2.75, 3.05) is 0 Å². The van der Waals surface area contributed by atoms with Crippen molar-refractivity contribution < 1.29 is 9.63 Å². The minimum Gasteiger partial charge on any atom is -0.392 e. The van der Waals surface area contributed by atoms with Crippen LogP contribution < -0.4 is 0 Å². The highest BCUT2D eigenvalue weighted by molar-refractivity contribution is 9.10. The van der Waals surface area contributed by atoms with Crippen LogP contribution in [0.1, 0.15) is 18.7 Å². The lowest BCUT2D eigenvalue weighted by Crippen LogP contribution is -2.12. The average Bonchev–Trinajstić information content (AvgIpc) is 2.92. The van der Waals surface area contributed by atoms with Gasteiger partial charge in [-0.1, -0.05) is 5.16 Å². The van der Waals surface area contributed by atoms with Crippen LogP contribution in [0.5, 0.6) is 0 Å². The number of aromatic nitrogens is 2. The quantitative estimate of drug-likeness (QED) is 0.942. The molecule has 0 spiro atoms. The van der Waals surface area contributed by atoms with Crippen molar-refractivity contribution in [3.63, 3.8) is 0 Å². The average molecular weight is 315 g/mol. The molecule has 2 aromatic heterocycles. The second kappa shape index (κ2) is 4.51. The van der Waals surface area contributed by atoms with Crippen molar-refractivity contribution in [2.24, 2.45) is 5.92 Å². The van der Waals surface area contributed by atoms with Crippen LogP contribution in [0, 0.1) is 5.92 Å². The van der Waals surface area contributed by atoms with Crippen LogP contribution in [-0.2, 0) is 6.42 Å². The van der Waals surface area contributed by atoms with Gasteiger partial charge in [-0.05, 0) is 40.8 Å². The molecule has 1 fully saturated rings. The van der Waals surface area contributed by atoms with Gasteiger partial charge in [-0.15, -0.1) is 11.3 Å². The lowest BCUT2D eigenvalue weighted by Gasteiger charge is -2.03. The summed E-state index contributed by atoms with van der Waals surface area (Å²) in [6, 6.07) is 1.95. The van der Waals surface area contributed by atoms with E-state index in [4.69, 9.17) is 4.52 Å².